The number of nitrogens with one attached hydrogen (secondary N) is 3. The number of primary amides is 1. The van der Waals surface area contributed by atoms with E-state index >= 15 is 0 Å². The predicted octanol–water partition coefficient (Wildman–Crippen LogP) is 3.06. The molecule has 0 aliphatic rings. The van der Waals surface area contributed by atoms with E-state index in [4.69, 9.17) is 22.1 Å². The third-order valence-corrected chi connectivity index (χ3v) is 7.56. The van der Waals surface area contributed by atoms with Gasteiger partial charge in [0.05, 0.1) is 28.8 Å². The summed E-state index contributed by atoms with van der Waals surface area (Å²) in [6, 6.07) is 16.3. The SMILES string of the molecule is CS(=O)(=O)CCNCC(=O)NCC(C(N)=O)c1ccc2ncnc(Nc3ccc(OCc4cccc(F)c4)c(Cl)c3)c2c1. The maximum Gasteiger partial charge on any atom is 0.233 e. The molecule has 14 heteroatoms. The maximum atomic E-state index is 13.4. The largest absolute Gasteiger partial charge is 0.487 e. The van der Waals surface area contributed by atoms with E-state index in [1.54, 1.807) is 48.5 Å². The molecule has 1 atom stereocenters. The molecule has 0 saturated heterocycles. The molecule has 4 rings (SSSR count). The predicted molar refractivity (Wildman–Crippen MR) is 163 cm³/mol. The van der Waals surface area contributed by atoms with Gasteiger partial charge in [0.15, 0.2) is 0 Å². The summed E-state index contributed by atoms with van der Waals surface area (Å²) in [5.74, 6) is -1.48. The molecule has 2 amide bonds. The van der Waals surface area contributed by atoms with Crippen molar-refractivity contribution in [1.29, 1.82) is 0 Å². The van der Waals surface area contributed by atoms with E-state index in [1.807, 2.05) is 0 Å². The van der Waals surface area contributed by atoms with Crippen molar-refractivity contribution < 1.29 is 27.1 Å². The Kier molecular flexibility index (Phi) is 10.5. The minimum atomic E-state index is -3.15. The summed E-state index contributed by atoms with van der Waals surface area (Å²) in [6.45, 7) is 0.0982. The van der Waals surface area contributed by atoms with Gasteiger partial charge in [-0.25, -0.2) is 22.8 Å². The zero-order valence-electron chi connectivity index (χ0n) is 23.1. The van der Waals surface area contributed by atoms with Crippen molar-refractivity contribution in [1.82, 2.24) is 20.6 Å². The fraction of sp³-hybridized carbons (Fsp3) is 0.241. The number of nitrogens with two attached hydrogens (primary N) is 1. The van der Waals surface area contributed by atoms with Crippen LogP contribution in [-0.2, 0) is 26.0 Å². The Morgan fingerprint density at radius 2 is 1.91 bits per heavy atom. The number of carbonyl (C=O) groups excluding carboxylic acids is 2. The summed E-state index contributed by atoms with van der Waals surface area (Å²) in [7, 11) is -3.15. The van der Waals surface area contributed by atoms with Gasteiger partial charge < -0.3 is 26.4 Å². The van der Waals surface area contributed by atoms with Gasteiger partial charge in [0, 0.05) is 30.4 Å². The van der Waals surface area contributed by atoms with Crippen LogP contribution < -0.4 is 26.4 Å². The van der Waals surface area contributed by atoms with Crippen molar-refractivity contribution in [3.8, 4) is 5.75 Å². The number of benzene rings is 3. The summed E-state index contributed by atoms with van der Waals surface area (Å²) >= 11 is 6.44. The monoisotopic (exact) mass is 628 g/mol. The fourth-order valence-electron chi connectivity index (χ4n) is 4.13. The highest BCUT2D eigenvalue weighted by Crippen LogP contribution is 2.32. The number of ether oxygens (including phenoxy) is 1. The van der Waals surface area contributed by atoms with Crippen LogP contribution in [-0.4, -0.2) is 61.8 Å². The molecule has 0 saturated carbocycles. The van der Waals surface area contributed by atoms with E-state index in [0.717, 1.165) is 6.26 Å². The Hall–Kier alpha value is -4.33. The second-order valence-electron chi connectivity index (χ2n) is 9.75. The molecule has 3 aromatic carbocycles. The number of nitrogens with zero attached hydrogens (tertiary/aromatic N) is 2. The lowest BCUT2D eigenvalue weighted by molar-refractivity contribution is -0.121. The Morgan fingerprint density at radius 3 is 2.63 bits per heavy atom. The molecule has 0 aliphatic heterocycles. The van der Waals surface area contributed by atoms with Crippen molar-refractivity contribution in [2.45, 2.75) is 12.5 Å². The molecule has 226 valence electrons. The summed E-state index contributed by atoms with van der Waals surface area (Å²) in [4.78, 5) is 33.2. The maximum absolute atomic E-state index is 13.4. The zero-order valence-corrected chi connectivity index (χ0v) is 24.7. The summed E-state index contributed by atoms with van der Waals surface area (Å²) in [6.07, 6.45) is 2.51. The first-order chi connectivity index (χ1) is 20.5. The number of halogens is 2. The van der Waals surface area contributed by atoms with Crippen LogP contribution in [0.3, 0.4) is 0 Å². The van der Waals surface area contributed by atoms with Crippen molar-refractivity contribution in [3.05, 3.63) is 89.0 Å². The van der Waals surface area contributed by atoms with Crippen LogP contribution in [0.25, 0.3) is 10.9 Å². The van der Waals surface area contributed by atoms with Crippen LogP contribution in [0.4, 0.5) is 15.9 Å². The number of fused-ring (bicyclic) bond motifs is 1. The van der Waals surface area contributed by atoms with Crippen LogP contribution in [0, 0.1) is 5.82 Å². The number of hydrogen-bond acceptors (Lipinski definition) is 9. The summed E-state index contributed by atoms with van der Waals surface area (Å²) in [5, 5.41) is 9.54. The van der Waals surface area contributed by atoms with Crippen molar-refractivity contribution in [2.24, 2.45) is 5.73 Å². The highest BCUT2D eigenvalue weighted by atomic mass is 35.5. The quantitative estimate of drug-likeness (QED) is 0.154. The number of carbonyl (C=O) groups is 2. The van der Waals surface area contributed by atoms with E-state index in [-0.39, 0.29) is 37.8 Å². The van der Waals surface area contributed by atoms with Gasteiger partial charge in [-0.05, 0) is 53.6 Å². The summed E-state index contributed by atoms with van der Waals surface area (Å²) in [5.41, 5.74) is 8.08. The van der Waals surface area contributed by atoms with Gasteiger partial charge in [-0.15, -0.1) is 0 Å². The first-order valence-corrected chi connectivity index (χ1v) is 15.6. The first-order valence-electron chi connectivity index (χ1n) is 13.1. The van der Waals surface area contributed by atoms with Crippen LogP contribution in [0.15, 0.2) is 67.0 Å². The molecule has 4 aromatic rings. The molecule has 1 unspecified atom stereocenters. The molecular weight excluding hydrogens is 599 g/mol. The Bertz CT molecular complexity index is 1740. The molecule has 5 N–H and O–H groups in total. The molecule has 43 heavy (non-hydrogen) atoms. The Morgan fingerprint density at radius 1 is 1.09 bits per heavy atom. The Labute approximate surface area is 252 Å². The van der Waals surface area contributed by atoms with Crippen molar-refractivity contribution >= 4 is 55.7 Å². The van der Waals surface area contributed by atoms with Gasteiger partial charge in [-0.2, -0.15) is 0 Å². The smallest absolute Gasteiger partial charge is 0.233 e. The van der Waals surface area contributed by atoms with Crippen LogP contribution >= 0.6 is 11.6 Å². The Balaban J connectivity index is 1.45. The zero-order chi connectivity index (χ0) is 31.0. The van der Waals surface area contributed by atoms with Gasteiger partial charge in [-0.1, -0.05) is 29.8 Å². The molecule has 0 fully saturated rings. The number of sulfone groups is 1. The molecule has 11 nitrogen and oxygen atoms in total. The van der Waals surface area contributed by atoms with Gasteiger partial charge in [-0.3, -0.25) is 9.59 Å². The van der Waals surface area contributed by atoms with Gasteiger partial charge in [0.25, 0.3) is 0 Å². The molecule has 0 spiro atoms. The minimum Gasteiger partial charge on any atom is -0.487 e. The third-order valence-electron chi connectivity index (χ3n) is 6.32. The molecule has 1 aromatic heterocycles. The molecule has 0 aliphatic carbocycles. The third kappa shape index (κ3) is 9.33. The van der Waals surface area contributed by atoms with Crippen molar-refractivity contribution in [3.63, 3.8) is 0 Å². The van der Waals surface area contributed by atoms with E-state index in [0.29, 0.717) is 44.3 Å². The number of amides is 2. The summed E-state index contributed by atoms with van der Waals surface area (Å²) < 4.78 is 41.6. The van der Waals surface area contributed by atoms with E-state index < -0.39 is 27.6 Å². The normalized spacial score (nSPS) is 12.1. The van der Waals surface area contributed by atoms with E-state index in [9.17, 15) is 22.4 Å². The van der Waals surface area contributed by atoms with Crippen LogP contribution in [0.5, 0.6) is 5.75 Å². The molecular formula is C29H30ClFN6O5S. The van der Waals surface area contributed by atoms with Gasteiger partial charge >= 0.3 is 0 Å². The fourth-order valence-corrected chi connectivity index (χ4v) is 4.88. The second kappa shape index (κ2) is 14.2. The highest BCUT2D eigenvalue weighted by molar-refractivity contribution is 7.90. The van der Waals surface area contributed by atoms with E-state index in [1.165, 1.54) is 18.5 Å². The van der Waals surface area contributed by atoms with E-state index in [2.05, 4.69) is 25.9 Å². The van der Waals surface area contributed by atoms with Crippen molar-refractivity contribution in [2.75, 3.05) is 37.0 Å². The lowest BCUT2D eigenvalue weighted by Gasteiger charge is -2.17. The molecule has 0 radical (unpaired) electrons. The van der Waals surface area contributed by atoms with Crippen LogP contribution in [0.1, 0.15) is 17.0 Å². The second-order valence-corrected chi connectivity index (χ2v) is 12.4. The number of aromatic nitrogens is 2. The van der Waals surface area contributed by atoms with Gasteiger partial charge in [0.1, 0.15) is 40.2 Å². The first kappa shape index (κ1) is 31.6. The topological polar surface area (TPSA) is 165 Å². The minimum absolute atomic E-state index is 0.0590. The van der Waals surface area contributed by atoms with Crippen LogP contribution in [0.2, 0.25) is 5.02 Å². The average Bonchev–Trinajstić information content (AvgIpc) is 2.95. The number of hydrogen-bond donors (Lipinski definition) is 4. The van der Waals surface area contributed by atoms with Gasteiger partial charge in [0.2, 0.25) is 11.8 Å². The molecule has 1 heterocycles. The number of anilines is 2. The lowest BCUT2D eigenvalue weighted by Crippen LogP contribution is -2.40. The number of rotatable bonds is 14. The average molecular weight is 629 g/mol. The molecule has 0 bridgehead atoms. The standard InChI is InChI=1S/C29H30ClFN6O5S/c1-43(40,41)10-9-33-15-27(38)34-14-23(28(32)39)19-5-7-25-22(12-19)29(36-17-35-25)37-21-6-8-26(24(30)13-21)42-16-18-3-2-4-20(31)11-18/h2-8,11-13,17,23,33H,9-10,14-16H2,1H3,(H2,32,39)(H,34,38)(H,35,36,37). The lowest BCUT2D eigenvalue weighted by atomic mass is 9.96. The highest BCUT2D eigenvalue weighted by Gasteiger charge is 2.20.